The summed E-state index contributed by atoms with van der Waals surface area (Å²) in [5.41, 5.74) is 2.55. The van der Waals surface area contributed by atoms with Crippen molar-refractivity contribution < 1.29 is 0 Å². The molecule has 0 aliphatic carbocycles. The molecule has 0 bridgehead atoms. The van der Waals surface area contributed by atoms with Gasteiger partial charge in [0.2, 0.25) is 0 Å². The van der Waals surface area contributed by atoms with Gasteiger partial charge in [-0.2, -0.15) is 9.97 Å². The number of fused-ring (bicyclic) bond motifs is 2. The van der Waals surface area contributed by atoms with Gasteiger partial charge < -0.3 is 15.1 Å². The van der Waals surface area contributed by atoms with Crippen molar-refractivity contribution in [2.75, 3.05) is 49.9 Å². The second-order valence-corrected chi connectivity index (χ2v) is 10.5. The number of anilines is 3. The number of halogens is 1. The van der Waals surface area contributed by atoms with E-state index in [4.69, 9.17) is 11.6 Å². The standard InChI is InChI=1S/C30H32ClN7O2/c1-35(2)27-23-12-5-6-13-25(23)37(29(39)33-27)17-8-7-16-32-21-10-9-11-22(19-21)38-26-18-20(31)14-15-24(26)28(36(3)4)34-30(38)40/h5-6,9-15,18-19,32H,7-8,16-17H2,1-4H3. The molecule has 0 fully saturated rings. The van der Waals surface area contributed by atoms with Crippen LogP contribution < -0.4 is 26.5 Å². The van der Waals surface area contributed by atoms with E-state index in [1.54, 1.807) is 21.3 Å². The molecule has 5 aromatic rings. The highest BCUT2D eigenvalue weighted by Gasteiger charge is 2.15. The molecule has 9 nitrogen and oxygen atoms in total. The largest absolute Gasteiger partial charge is 0.385 e. The van der Waals surface area contributed by atoms with Crippen LogP contribution in [0, 0.1) is 0 Å². The number of hydrogen-bond acceptors (Lipinski definition) is 7. The number of hydrogen-bond donors (Lipinski definition) is 1. The lowest BCUT2D eigenvalue weighted by atomic mass is 10.2. The maximum Gasteiger partial charge on any atom is 0.354 e. The predicted octanol–water partition coefficient (Wildman–Crippen LogP) is 4.77. The summed E-state index contributed by atoms with van der Waals surface area (Å²) < 4.78 is 3.33. The third-order valence-electron chi connectivity index (χ3n) is 6.79. The summed E-state index contributed by atoms with van der Waals surface area (Å²) in [5.74, 6) is 1.28. The molecule has 0 spiro atoms. The van der Waals surface area contributed by atoms with Gasteiger partial charge in [-0.3, -0.25) is 9.13 Å². The van der Waals surface area contributed by atoms with Gasteiger partial charge in [-0.15, -0.1) is 0 Å². The molecule has 1 N–H and O–H groups in total. The normalized spacial score (nSPS) is 11.2. The van der Waals surface area contributed by atoms with Gasteiger partial charge in [0.1, 0.15) is 11.6 Å². The average Bonchev–Trinajstić information content (AvgIpc) is 2.93. The van der Waals surface area contributed by atoms with Gasteiger partial charge in [-0.05, 0) is 61.4 Å². The molecule has 206 valence electrons. The number of para-hydroxylation sites is 1. The van der Waals surface area contributed by atoms with Crippen molar-refractivity contribution in [2.24, 2.45) is 0 Å². The smallest absolute Gasteiger partial charge is 0.354 e. The van der Waals surface area contributed by atoms with Crippen LogP contribution in [0.3, 0.4) is 0 Å². The van der Waals surface area contributed by atoms with E-state index in [9.17, 15) is 9.59 Å². The van der Waals surface area contributed by atoms with Gasteiger partial charge in [-0.25, -0.2) is 9.59 Å². The van der Waals surface area contributed by atoms with E-state index < -0.39 is 0 Å². The first kappa shape index (κ1) is 27.2. The molecule has 10 heteroatoms. The van der Waals surface area contributed by atoms with E-state index in [1.165, 1.54) is 0 Å². The molecule has 2 heterocycles. The number of unbranched alkanes of at least 4 members (excludes halogenated alkanes) is 1. The van der Waals surface area contributed by atoms with Crippen molar-refractivity contribution in [2.45, 2.75) is 19.4 Å². The van der Waals surface area contributed by atoms with Gasteiger partial charge >= 0.3 is 11.4 Å². The maximum absolute atomic E-state index is 13.1. The zero-order valence-corrected chi connectivity index (χ0v) is 23.8. The van der Waals surface area contributed by atoms with E-state index in [1.807, 2.05) is 92.6 Å². The van der Waals surface area contributed by atoms with Crippen molar-refractivity contribution in [3.05, 3.63) is 92.7 Å². The van der Waals surface area contributed by atoms with E-state index in [0.717, 1.165) is 34.8 Å². The topological polar surface area (TPSA) is 88.3 Å². The Morgan fingerprint density at radius 1 is 0.775 bits per heavy atom. The van der Waals surface area contributed by atoms with E-state index >= 15 is 0 Å². The van der Waals surface area contributed by atoms with Crippen LogP contribution in [0.25, 0.3) is 27.5 Å². The average molecular weight is 558 g/mol. The number of nitrogens with one attached hydrogen (secondary N) is 1. The summed E-state index contributed by atoms with van der Waals surface area (Å²) in [7, 11) is 7.50. The fourth-order valence-corrected chi connectivity index (χ4v) is 5.09. The third kappa shape index (κ3) is 5.37. The van der Waals surface area contributed by atoms with Crippen LogP contribution in [0.4, 0.5) is 17.3 Å². The molecule has 5 rings (SSSR count). The first-order valence-corrected chi connectivity index (χ1v) is 13.5. The molecule has 40 heavy (non-hydrogen) atoms. The Morgan fingerprint density at radius 2 is 1.48 bits per heavy atom. The SMILES string of the molecule is CN(C)c1nc(=O)n(CCCCNc2cccc(-n3c(=O)nc(N(C)C)c4ccc(Cl)cc43)c2)c2ccccc12. The van der Waals surface area contributed by atoms with E-state index in [0.29, 0.717) is 41.0 Å². The minimum atomic E-state index is -0.373. The van der Waals surface area contributed by atoms with Crippen LogP contribution in [-0.2, 0) is 6.54 Å². The van der Waals surface area contributed by atoms with Crippen LogP contribution in [0.1, 0.15) is 12.8 Å². The molecule has 3 aromatic carbocycles. The zero-order valence-electron chi connectivity index (χ0n) is 23.1. The molecule has 0 aliphatic heterocycles. The Bertz CT molecular complexity index is 1810. The first-order valence-electron chi connectivity index (χ1n) is 13.2. The highest BCUT2D eigenvalue weighted by molar-refractivity contribution is 6.31. The van der Waals surface area contributed by atoms with Gasteiger partial charge in [0.25, 0.3) is 0 Å². The lowest BCUT2D eigenvalue weighted by molar-refractivity contribution is 0.610. The second-order valence-electron chi connectivity index (χ2n) is 10.1. The Hall–Kier alpha value is -4.37. The molecule has 0 unspecified atom stereocenters. The Balaban J connectivity index is 1.31. The molecular formula is C30H32ClN7O2. The quantitative estimate of drug-likeness (QED) is 0.261. The number of benzene rings is 3. The number of nitrogens with zero attached hydrogens (tertiary/aromatic N) is 6. The molecule has 0 saturated carbocycles. The lowest BCUT2D eigenvalue weighted by Gasteiger charge is -2.18. The Morgan fingerprint density at radius 3 is 2.23 bits per heavy atom. The number of aromatic nitrogens is 4. The van der Waals surface area contributed by atoms with Crippen LogP contribution in [0.5, 0.6) is 0 Å². The van der Waals surface area contributed by atoms with Gasteiger partial charge in [0.15, 0.2) is 0 Å². The maximum atomic E-state index is 13.1. The molecule has 0 radical (unpaired) electrons. The predicted molar refractivity (Wildman–Crippen MR) is 165 cm³/mol. The molecule has 0 saturated heterocycles. The fraction of sp³-hybridized carbons (Fsp3) is 0.267. The van der Waals surface area contributed by atoms with Crippen molar-refractivity contribution in [3.8, 4) is 5.69 Å². The number of aryl methyl sites for hydroxylation is 1. The lowest BCUT2D eigenvalue weighted by Crippen LogP contribution is -2.27. The van der Waals surface area contributed by atoms with Gasteiger partial charge in [0, 0.05) is 62.8 Å². The zero-order chi connectivity index (χ0) is 28.4. The molecular weight excluding hydrogens is 526 g/mol. The van der Waals surface area contributed by atoms with Crippen LogP contribution in [0.2, 0.25) is 5.02 Å². The molecule has 2 aromatic heterocycles. The summed E-state index contributed by atoms with van der Waals surface area (Å²) in [5, 5.41) is 5.79. The van der Waals surface area contributed by atoms with Gasteiger partial charge in [0.05, 0.1) is 16.7 Å². The Kier molecular flexibility index (Phi) is 7.75. The summed E-state index contributed by atoms with van der Waals surface area (Å²) in [4.78, 5) is 38.2. The minimum Gasteiger partial charge on any atom is -0.385 e. The summed E-state index contributed by atoms with van der Waals surface area (Å²) in [6.45, 7) is 1.28. The van der Waals surface area contributed by atoms with Crippen molar-refractivity contribution in [3.63, 3.8) is 0 Å². The first-order chi connectivity index (χ1) is 19.2. The summed E-state index contributed by atoms with van der Waals surface area (Å²) in [6, 6.07) is 21.0. The third-order valence-corrected chi connectivity index (χ3v) is 7.03. The molecule has 0 amide bonds. The highest BCUT2D eigenvalue weighted by atomic mass is 35.5. The highest BCUT2D eigenvalue weighted by Crippen LogP contribution is 2.27. The van der Waals surface area contributed by atoms with Crippen LogP contribution >= 0.6 is 11.6 Å². The molecule has 0 aliphatic rings. The minimum absolute atomic E-state index is 0.241. The van der Waals surface area contributed by atoms with E-state index in [-0.39, 0.29) is 11.4 Å². The van der Waals surface area contributed by atoms with Crippen molar-refractivity contribution >= 4 is 50.7 Å². The van der Waals surface area contributed by atoms with Crippen LogP contribution in [0.15, 0.2) is 76.3 Å². The molecule has 0 atom stereocenters. The summed E-state index contributed by atoms with van der Waals surface area (Å²) >= 11 is 6.31. The van der Waals surface area contributed by atoms with E-state index in [2.05, 4.69) is 15.3 Å². The van der Waals surface area contributed by atoms with Crippen molar-refractivity contribution in [1.29, 1.82) is 0 Å². The monoisotopic (exact) mass is 557 g/mol. The Labute approximate surface area is 237 Å². The van der Waals surface area contributed by atoms with Gasteiger partial charge in [-0.1, -0.05) is 29.8 Å². The fourth-order valence-electron chi connectivity index (χ4n) is 4.93. The van der Waals surface area contributed by atoms with Crippen molar-refractivity contribution in [1.82, 2.24) is 19.1 Å². The van der Waals surface area contributed by atoms with Crippen LogP contribution in [-0.4, -0.2) is 53.8 Å². The number of rotatable bonds is 9. The summed E-state index contributed by atoms with van der Waals surface area (Å²) in [6.07, 6.45) is 1.65. The second kappa shape index (κ2) is 11.4.